The van der Waals surface area contributed by atoms with Crippen molar-refractivity contribution in [3.05, 3.63) is 53.5 Å². The smallest absolute Gasteiger partial charge is 0.191 e. The van der Waals surface area contributed by atoms with Gasteiger partial charge in [-0.1, -0.05) is 12.1 Å². The number of furan rings is 1. The first-order valence-corrected chi connectivity index (χ1v) is 8.41. The minimum Gasteiger partial charge on any atom is -0.496 e. The number of nitrogens with zero attached hydrogens (tertiary/aromatic N) is 1. The molecule has 7 heteroatoms. The second kappa shape index (κ2) is 12.6. The number of ether oxygens (including phenoxy) is 2. The highest BCUT2D eigenvalue weighted by Crippen LogP contribution is 2.18. The number of hydrogen-bond donors (Lipinski definition) is 2. The van der Waals surface area contributed by atoms with Crippen molar-refractivity contribution < 1.29 is 13.9 Å². The number of methoxy groups -OCH3 is 1. The zero-order valence-corrected chi connectivity index (χ0v) is 17.9. The normalized spacial score (nSPS) is 11.0. The molecule has 1 aromatic heterocycles. The lowest BCUT2D eigenvalue weighted by Crippen LogP contribution is -2.37. The molecule has 1 aromatic carbocycles. The average molecular weight is 473 g/mol. The lowest BCUT2D eigenvalue weighted by Gasteiger charge is -2.13. The second-order valence-electron chi connectivity index (χ2n) is 5.64. The molecule has 0 atom stereocenters. The van der Waals surface area contributed by atoms with E-state index in [-0.39, 0.29) is 24.0 Å². The van der Waals surface area contributed by atoms with Gasteiger partial charge < -0.3 is 24.5 Å². The Labute approximate surface area is 172 Å². The number of nitrogens with one attached hydrogen (secondary N) is 2. The molecule has 0 aliphatic rings. The van der Waals surface area contributed by atoms with Gasteiger partial charge in [0.15, 0.2) is 5.96 Å². The molecule has 144 valence electrons. The molecule has 0 saturated heterocycles. The Balaban J connectivity index is 0.00000338. The molecule has 0 aliphatic heterocycles. The topological polar surface area (TPSA) is 68.0 Å². The maximum Gasteiger partial charge on any atom is 0.191 e. The molecule has 0 amide bonds. The van der Waals surface area contributed by atoms with Crippen LogP contribution in [0.5, 0.6) is 5.75 Å². The number of hydrogen-bond acceptors (Lipinski definition) is 4. The molecule has 1 heterocycles. The van der Waals surface area contributed by atoms with Crippen LogP contribution in [0, 0.1) is 6.92 Å². The van der Waals surface area contributed by atoms with Gasteiger partial charge in [0.2, 0.25) is 0 Å². The standard InChI is InChI=1S/C19H27N3O3.HI/c1-15-7-8-16(12-18(15)23-3)13-22-19(20-2)21-9-5-10-24-14-17-6-4-11-25-17;/h4,6-8,11-12H,5,9-10,13-14H2,1-3H3,(H2,20,21,22);1H. The van der Waals surface area contributed by atoms with Gasteiger partial charge in [-0.2, -0.15) is 0 Å². The molecule has 0 fully saturated rings. The van der Waals surface area contributed by atoms with Crippen molar-refractivity contribution in [2.24, 2.45) is 4.99 Å². The summed E-state index contributed by atoms with van der Waals surface area (Å²) in [7, 11) is 3.45. The van der Waals surface area contributed by atoms with Crippen LogP contribution in [0.4, 0.5) is 0 Å². The van der Waals surface area contributed by atoms with Crippen molar-refractivity contribution >= 4 is 29.9 Å². The maximum atomic E-state index is 5.55. The van der Waals surface area contributed by atoms with Gasteiger partial charge in [0.1, 0.15) is 18.1 Å². The Morgan fingerprint density at radius 2 is 2.08 bits per heavy atom. The number of aliphatic imine (C=N–C) groups is 1. The molecular formula is C19H28IN3O3. The van der Waals surface area contributed by atoms with Crippen molar-refractivity contribution in [2.45, 2.75) is 26.5 Å². The third-order valence-corrected chi connectivity index (χ3v) is 3.74. The highest BCUT2D eigenvalue weighted by Gasteiger charge is 2.02. The monoisotopic (exact) mass is 473 g/mol. The highest BCUT2D eigenvalue weighted by molar-refractivity contribution is 14.0. The van der Waals surface area contributed by atoms with E-state index in [1.54, 1.807) is 20.4 Å². The second-order valence-corrected chi connectivity index (χ2v) is 5.64. The fraction of sp³-hybridized carbons (Fsp3) is 0.421. The van der Waals surface area contributed by atoms with Crippen LogP contribution in [0.25, 0.3) is 0 Å². The molecule has 0 bridgehead atoms. The summed E-state index contributed by atoms with van der Waals surface area (Å²) < 4.78 is 16.1. The van der Waals surface area contributed by atoms with Gasteiger partial charge in [-0.25, -0.2) is 0 Å². The van der Waals surface area contributed by atoms with Crippen molar-refractivity contribution in [3.8, 4) is 5.75 Å². The van der Waals surface area contributed by atoms with Gasteiger partial charge in [-0.05, 0) is 42.7 Å². The Hall–Kier alpha value is -1.74. The summed E-state index contributed by atoms with van der Waals surface area (Å²) in [6, 6.07) is 9.95. The molecule has 0 saturated carbocycles. The van der Waals surface area contributed by atoms with E-state index >= 15 is 0 Å². The number of guanidine groups is 1. The van der Waals surface area contributed by atoms with E-state index in [1.807, 2.05) is 25.1 Å². The van der Waals surface area contributed by atoms with Gasteiger partial charge in [0.25, 0.3) is 0 Å². The molecule has 2 N–H and O–H groups in total. The molecule has 0 radical (unpaired) electrons. The molecule has 2 rings (SSSR count). The lowest BCUT2D eigenvalue weighted by atomic mass is 10.1. The zero-order chi connectivity index (χ0) is 17.9. The number of rotatable bonds is 9. The Bertz CT molecular complexity index is 660. The third kappa shape index (κ3) is 7.65. The van der Waals surface area contributed by atoms with Crippen LogP contribution in [-0.2, 0) is 17.9 Å². The molecular weight excluding hydrogens is 445 g/mol. The summed E-state index contributed by atoms with van der Waals surface area (Å²) in [5, 5.41) is 6.57. The van der Waals surface area contributed by atoms with E-state index in [2.05, 4.69) is 27.8 Å². The van der Waals surface area contributed by atoms with E-state index in [1.165, 1.54) is 0 Å². The van der Waals surface area contributed by atoms with Gasteiger partial charge in [0.05, 0.1) is 13.4 Å². The van der Waals surface area contributed by atoms with Crippen molar-refractivity contribution in [1.29, 1.82) is 0 Å². The summed E-state index contributed by atoms with van der Waals surface area (Å²) in [5.74, 6) is 2.51. The molecule has 6 nitrogen and oxygen atoms in total. The highest BCUT2D eigenvalue weighted by atomic mass is 127. The quantitative estimate of drug-likeness (QED) is 0.253. The minimum atomic E-state index is 0. The van der Waals surface area contributed by atoms with Crippen LogP contribution in [0.3, 0.4) is 0 Å². The van der Waals surface area contributed by atoms with E-state index in [0.29, 0.717) is 19.8 Å². The number of benzene rings is 1. The van der Waals surface area contributed by atoms with E-state index in [0.717, 1.165) is 41.6 Å². The lowest BCUT2D eigenvalue weighted by molar-refractivity contribution is 0.105. The largest absolute Gasteiger partial charge is 0.496 e. The van der Waals surface area contributed by atoms with Crippen molar-refractivity contribution in [1.82, 2.24) is 10.6 Å². The van der Waals surface area contributed by atoms with Crippen LogP contribution < -0.4 is 15.4 Å². The predicted molar refractivity (Wildman–Crippen MR) is 114 cm³/mol. The first kappa shape index (κ1) is 22.3. The number of halogens is 1. The molecule has 0 spiro atoms. The fourth-order valence-corrected chi connectivity index (χ4v) is 2.33. The molecule has 0 aliphatic carbocycles. The van der Waals surface area contributed by atoms with Crippen LogP contribution >= 0.6 is 24.0 Å². The first-order valence-electron chi connectivity index (χ1n) is 8.41. The Morgan fingerprint density at radius 3 is 2.77 bits per heavy atom. The summed E-state index contributed by atoms with van der Waals surface area (Å²) in [5.41, 5.74) is 2.27. The Morgan fingerprint density at radius 1 is 1.23 bits per heavy atom. The maximum absolute atomic E-state index is 5.55. The Kier molecular flexibility index (Phi) is 10.8. The van der Waals surface area contributed by atoms with Gasteiger partial charge in [0, 0.05) is 26.7 Å². The average Bonchev–Trinajstić information content (AvgIpc) is 3.15. The summed E-state index contributed by atoms with van der Waals surface area (Å²) in [6.45, 7) is 4.68. The van der Waals surface area contributed by atoms with Gasteiger partial charge in [-0.15, -0.1) is 24.0 Å². The van der Waals surface area contributed by atoms with Crippen LogP contribution in [0.15, 0.2) is 46.0 Å². The van der Waals surface area contributed by atoms with Crippen molar-refractivity contribution in [2.75, 3.05) is 27.3 Å². The fourth-order valence-electron chi connectivity index (χ4n) is 2.33. The third-order valence-electron chi connectivity index (χ3n) is 3.74. The zero-order valence-electron chi connectivity index (χ0n) is 15.6. The minimum absolute atomic E-state index is 0. The van der Waals surface area contributed by atoms with Crippen LogP contribution in [0.2, 0.25) is 0 Å². The van der Waals surface area contributed by atoms with Crippen LogP contribution in [-0.4, -0.2) is 33.3 Å². The summed E-state index contributed by atoms with van der Waals surface area (Å²) in [4.78, 5) is 4.23. The summed E-state index contributed by atoms with van der Waals surface area (Å²) >= 11 is 0. The van der Waals surface area contributed by atoms with E-state index in [9.17, 15) is 0 Å². The van der Waals surface area contributed by atoms with Crippen molar-refractivity contribution in [3.63, 3.8) is 0 Å². The first-order chi connectivity index (χ1) is 12.2. The molecule has 26 heavy (non-hydrogen) atoms. The molecule has 2 aromatic rings. The van der Waals surface area contributed by atoms with Gasteiger partial charge >= 0.3 is 0 Å². The van der Waals surface area contributed by atoms with E-state index < -0.39 is 0 Å². The van der Waals surface area contributed by atoms with E-state index in [4.69, 9.17) is 13.9 Å². The van der Waals surface area contributed by atoms with Crippen LogP contribution in [0.1, 0.15) is 23.3 Å². The van der Waals surface area contributed by atoms with Gasteiger partial charge in [-0.3, -0.25) is 4.99 Å². The molecule has 0 unspecified atom stereocenters. The number of aryl methyl sites for hydroxylation is 1. The predicted octanol–water partition coefficient (Wildman–Crippen LogP) is 3.49. The SMILES string of the molecule is CN=C(NCCCOCc1ccco1)NCc1ccc(C)c(OC)c1.I. The summed E-state index contributed by atoms with van der Waals surface area (Å²) in [6.07, 6.45) is 2.54.